The van der Waals surface area contributed by atoms with E-state index >= 15 is 0 Å². The first-order valence-corrected chi connectivity index (χ1v) is 8.52. The lowest BCUT2D eigenvalue weighted by atomic mass is 10.2. The standard InChI is InChI=1S/C16H25N5O3/c1-16(2,3)24-15(23)21-8-4-5-12(21)9-20-10-13(18-19-20)14(22)17-11-6-7-11/h10-12H,4-9H2,1-3H3,(H,17,22)/t12-/m0/s1. The van der Waals surface area contributed by atoms with Crippen LogP contribution in [0.2, 0.25) is 0 Å². The summed E-state index contributed by atoms with van der Waals surface area (Å²) in [6.45, 7) is 6.78. The van der Waals surface area contributed by atoms with Crippen molar-refractivity contribution in [3.8, 4) is 0 Å². The second-order valence-corrected chi connectivity index (χ2v) is 7.54. The van der Waals surface area contributed by atoms with Crippen molar-refractivity contribution in [2.24, 2.45) is 0 Å². The maximum Gasteiger partial charge on any atom is 0.410 e. The van der Waals surface area contributed by atoms with Gasteiger partial charge in [-0.1, -0.05) is 5.21 Å². The fraction of sp³-hybridized carbons (Fsp3) is 0.750. The van der Waals surface area contributed by atoms with E-state index in [1.165, 1.54) is 0 Å². The van der Waals surface area contributed by atoms with Crippen LogP contribution in [0.25, 0.3) is 0 Å². The third-order valence-electron chi connectivity index (χ3n) is 4.09. The van der Waals surface area contributed by atoms with E-state index < -0.39 is 5.60 Å². The van der Waals surface area contributed by atoms with Gasteiger partial charge in [0.05, 0.1) is 18.8 Å². The first-order chi connectivity index (χ1) is 11.3. The van der Waals surface area contributed by atoms with E-state index in [1.807, 2.05) is 20.8 Å². The molecule has 3 rings (SSSR count). The number of carbonyl (C=O) groups excluding carboxylic acids is 2. The molecule has 2 heterocycles. The molecule has 132 valence electrons. The van der Waals surface area contributed by atoms with Crippen LogP contribution in [0.1, 0.15) is 56.9 Å². The van der Waals surface area contributed by atoms with E-state index in [0.29, 0.717) is 24.8 Å². The molecule has 2 fully saturated rings. The number of aromatic nitrogens is 3. The Balaban J connectivity index is 1.59. The van der Waals surface area contributed by atoms with Crippen molar-refractivity contribution in [3.63, 3.8) is 0 Å². The molecule has 1 saturated heterocycles. The number of rotatable bonds is 4. The summed E-state index contributed by atoms with van der Waals surface area (Å²) >= 11 is 0. The fourth-order valence-corrected chi connectivity index (χ4v) is 2.78. The van der Waals surface area contributed by atoms with Crippen molar-refractivity contribution >= 4 is 12.0 Å². The molecule has 1 N–H and O–H groups in total. The van der Waals surface area contributed by atoms with Gasteiger partial charge in [0.15, 0.2) is 5.69 Å². The number of nitrogens with zero attached hydrogens (tertiary/aromatic N) is 4. The average molecular weight is 335 g/mol. The molecule has 0 aromatic carbocycles. The molecular formula is C16H25N5O3. The van der Waals surface area contributed by atoms with E-state index in [1.54, 1.807) is 15.8 Å². The summed E-state index contributed by atoms with van der Waals surface area (Å²) in [5.74, 6) is -0.181. The maximum atomic E-state index is 12.3. The molecule has 8 nitrogen and oxygen atoms in total. The summed E-state index contributed by atoms with van der Waals surface area (Å²) in [5.41, 5.74) is -0.186. The zero-order valence-electron chi connectivity index (χ0n) is 14.5. The Morgan fingerprint density at radius 3 is 2.75 bits per heavy atom. The minimum atomic E-state index is -0.508. The Labute approximate surface area is 141 Å². The predicted molar refractivity (Wildman–Crippen MR) is 86.5 cm³/mol. The van der Waals surface area contributed by atoms with Gasteiger partial charge >= 0.3 is 6.09 Å². The Hall–Kier alpha value is -2.12. The van der Waals surface area contributed by atoms with Crippen LogP contribution < -0.4 is 5.32 Å². The van der Waals surface area contributed by atoms with Crippen molar-refractivity contribution in [2.75, 3.05) is 6.54 Å². The SMILES string of the molecule is CC(C)(C)OC(=O)N1CCC[C@H]1Cn1cc(C(=O)NC2CC2)nn1. The average Bonchev–Trinajstić information content (AvgIpc) is 3.00. The van der Waals surface area contributed by atoms with E-state index in [0.717, 1.165) is 25.7 Å². The third kappa shape index (κ3) is 4.24. The maximum absolute atomic E-state index is 12.3. The number of ether oxygens (including phenoxy) is 1. The number of hydrogen-bond donors (Lipinski definition) is 1. The van der Waals surface area contributed by atoms with Crippen LogP contribution in [0.15, 0.2) is 6.20 Å². The first-order valence-electron chi connectivity index (χ1n) is 8.52. The Bertz CT molecular complexity index is 617. The third-order valence-corrected chi connectivity index (χ3v) is 4.09. The lowest BCUT2D eigenvalue weighted by molar-refractivity contribution is 0.0211. The lowest BCUT2D eigenvalue weighted by Gasteiger charge is -2.28. The van der Waals surface area contributed by atoms with Gasteiger partial charge in [-0.2, -0.15) is 0 Å². The minimum Gasteiger partial charge on any atom is -0.444 e. The minimum absolute atomic E-state index is 0.0147. The molecule has 1 atom stereocenters. The van der Waals surface area contributed by atoms with E-state index in [4.69, 9.17) is 4.74 Å². The Morgan fingerprint density at radius 2 is 2.08 bits per heavy atom. The zero-order valence-corrected chi connectivity index (χ0v) is 14.5. The summed E-state index contributed by atoms with van der Waals surface area (Å²) in [5, 5.41) is 10.8. The molecule has 8 heteroatoms. The quantitative estimate of drug-likeness (QED) is 0.902. The van der Waals surface area contributed by atoms with Crippen LogP contribution in [0.3, 0.4) is 0 Å². The second-order valence-electron chi connectivity index (χ2n) is 7.54. The van der Waals surface area contributed by atoms with Gasteiger partial charge in [0.2, 0.25) is 0 Å². The van der Waals surface area contributed by atoms with Gasteiger partial charge in [-0.3, -0.25) is 4.79 Å². The summed E-state index contributed by atoms with van der Waals surface area (Å²) in [7, 11) is 0. The topological polar surface area (TPSA) is 89.4 Å². The number of amides is 2. The summed E-state index contributed by atoms with van der Waals surface area (Å²) < 4.78 is 7.10. The Morgan fingerprint density at radius 1 is 1.33 bits per heavy atom. The fourth-order valence-electron chi connectivity index (χ4n) is 2.78. The van der Waals surface area contributed by atoms with Gasteiger partial charge in [0.1, 0.15) is 5.60 Å². The highest BCUT2D eigenvalue weighted by Crippen LogP contribution is 2.22. The van der Waals surface area contributed by atoms with Crippen LogP contribution in [0, 0.1) is 0 Å². The molecule has 0 unspecified atom stereocenters. The summed E-state index contributed by atoms with van der Waals surface area (Å²) in [4.78, 5) is 26.0. The molecule has 2 aliphatic rings. The molecule has 2 amide bonds. The molecule has 1 aromatic rings. The van der Waals surface area contributed by atoms with E-state index in [-0.39, 0.29) is 18.0 Å². The molecule has 0 bridgehead atoms. The van der Waals surface area contributed by atoms with E-state index in [2.05, 4.69) is 15.6 Å². The van der Waals surface area contributed by atoms with E-state index in [9.17, 15) is 9.59 Å². The van der Waals surface area contributed by atoms with Crippen molar-refractivity contribution in [3.05, 3.63) is 11.9 Å². The van der Waals surface area contributed by atoms with Gasteiger partial charge in [-0.05, 0) is 46.5 Å². The highest BCUT2D eigenvalue weighted by Gasteiger charge is 2.33. The molecular weight excluding hydrogens is 310 g/mol. The van der Waals surface area contributed by atoms with Crippen molar-refractivity contribution in [2.45, 2.75) is 70.7 Å². The van der Waals surface area contributed by atoms with Crippen LogP contribution in [0.4, 0.5) is 4.79 Å². The summed E-state index contributed by atoms with van der Waals surface area (Å²) in [6, 6.07) is 0.307. The molecule has 1 aliphatic carbocycles. The second kappa shape index (κ2) is 6.41. The van der Waals surface area contributed by atoms with Crippen LogP contribution in [-0.2, 0) is 11.3 Å². The molecule has 1 saturated carbocycles. The molecule has 24 heavy (non-hydrogen) atoms. The largest absolute Gasteiger partial charge is 0.444 e. The summed E-state index contributed by atoms with van der Waals surface area (Å²) in [6.07, 6.45) is 5.25. The lowest BCUT2D eigenvalue weighted by Crippen LogP contribution is -2.41. The predicted octanol–water partition coefficient (Wildman–Crippen LogP) is 1.57. The Kier molecular flexibility index (Phi) is 4.47. The molecule has 0 spiro atoms. The van der Waals surface area contributed by atoms with Crippen molar-refractivity contribution in [1.82, 2.24) is 25.2 Å². The van der Waals surface area contributed by atoms with Crippen LogP contribution >= 0.6 is 0 Å². The van der Waals surface area contributed by atoms with Gasteiger partial charge in [-0.15, -0.1) is 5.10 Å². The number of carbonyl (C=O) groups is 2. The van der Waals surface area contributed by atoms with Crippen molar-refractivity contribution < 1.29 is 14.3 Å². The van der Waals surface area contributed by atoms with Gasteiger partial charge in [0, 0.05) is 12.6 Å². The first kappa shape index (κ1) is 16.7. The molecule has 1 aromatic heterocycles. The number of likely N-dealkylation sites (tertiary alicyclic amines) is 1. The highest BCUT2D eigenvalue weighted by atomic mass is 16.6. The van der Waals surface area contributed by atoms with Gasteiger partial charge in [-0.25, -0.2) is 9.48 Å². The molecule has 0 radical (unpaired) electrons. The van der Waals surface area contributed by atoms with Crippen LogP contribution in [-0.4, -0.2) is 56.1 Å². The highest BCUT2D eigenvalue weighted by molar-refractivity contribution is 5.92. The monoisotopic (exact) mass is 335 g/mol. The number of nitrogens with one attached hydrogen (secondary N) is 1. The van der Waals surface area contributed by atoms with Gasteiger partial charge < -0.3 is 15.0 Å². The number of hydrogen-bond acceptors (Lipinski definition) is 5. The molecule has 1 aliphatic heterocycles. The smallest absolute Gasteiger partial charge is 0.410 e. The van der Waals surface area contributed by atoms with Gasteiger partial charge in [0.25, 0.3) is 5.91 Å². The van der Waals surface area contributed by atoms with Crippen LogP contribution in [0.5, 0.6) is 0 Å². The normalized spacial score (nSPS) is 21.0. The van der Waals surface area contributed by atoms with Crippen molar-refractivity contribution in [1.29, 1.82) is 0 Å². The zero-order chi connectivity index (χ0) is 17.3.